The lowest BCUT2D eigenvalue weighted by Gasteiger charge is -2.30. The van der Waals surface area contributed by atoms with Crippen LogP contribution in [-0.2, 0) is 21.8 Å². The first-order valence-corrected chi connectivity index (χ1v) is 13.4. The number of ether oxygens (including phenoxy) is 3. The Balaban J connectivity index is 0.000000826. The van der Waals surface area contributed by atoms with E-state index in [4.69, 9.17) is 52.7 Å². The van der Waals surface area contributed by atoms with Gasteiger partial charge in [-0.05, 0) is 48.7 Å². The Labute approximate surface area is 237 Å². The molecule has 4 aromatic rings. The van der Waals surface area contributed by atoms with Crippen molar-refractivity contribution >= 4 is 35.0 Å². The van der Waals surface area contributed by atoms with E-state index in [1.807, 2.05) is 53.4 Å². The van der Waals surface area contributed by atoms with E-state index >= 15 is 0 Å². The summed E-state index contributed by atoms with van der Waals surface area (Å²) in [6.45, 7) is 1.06. The first-order chi connectivity index (χ1) is 18.8. The van der Waals surface area contributed by atoms with Crippen LogP contribution in [0.25, 0.3) is 11.3 Å². The van der Waals surface area contributed by atoms with Gasteiger partial charge in [0.25, 0.3) is 5.09 Å². The molecule has 0 aliphatic carbocycles. The fourth-order valence-corrected chi connectivity index (χ4v) is 4.79. The van der Waals surface area contributed by atoms with Gasteiger partial charge in [-0.1, -0.05) is 41.0 Å². The predicted octanol–water partition coefficient (Wildman–Crippen LogP) is 5.37. The van der Waals surface area contributed by atoms with Crippen LogP contribution in [0.5, 0.6) is 5.75 Å². The highest BCUT2D eigenvalue weighted by Crippen LogP contribution is 2.40. The molecular formula is C25H23Cl2N5O6S. The normalized spacial score (nSPS) is 18.3. The van der Waals surface area contributed by atoms with Crippen LogP contribution in [0.4, 0.5) is 0 Å². The van der Waals surface area contributed by atoms with Gasteiger partial charge in [-0.2, -0.15) is 0 Å². The summed E-state index contributed by atoms with van der Waals surface area (Å²) in [5, 5.41) is 15.4. The van der Waals surface area contributed by atoms with Crippen LogP contribution in [0, 0.1) is 10.1 Å². The van der Waals surface area contributed by atoms with Crippen molar-refractivity contribution in [2.45, 2.75) is 23.6 Å². The van der Waals surface area contributed by atoms with Gasteiger partial charge in [0.05, 0.1) is 30.2 Å². The van der Waals surface area contributed by atoms with Gasteiger partial charge in [0, 0.05) is 34.7 Å². The number of imidazole rings is 1. The molecule has 14 heteroatoms. The van der Waals surface area contributed by atoms with Crippen molar-refractivity contribution in [2.75, 3.05) is 19.5 Å². The SMILES string of the molecule is CSc1nccc(-c2ccc(OC[C@@H]3CO[C@@](Cn4ccnc4)(c4ccc(Cl)cc4Cl)O3)cc2)n1.O=[N+]([O-])O. The second-order valence-electron chi connectivity index (χ2n) is 8.16. The monoisotopic (exact) mass is 591 g/mol. The maximum atomic E-state index is 8.36. The summed E-state index contributed by atoms with van der Waals surface area (Å²) in [5.41, 5.74) is 2.57. The highest BCUT2D eigenvalue weighted by Gasteiger charge is 2.45. The largest absolute Gasteiger partial charge is 0.491 e. The number of thioether (sulfide) groups is 1. The average Bonchev–Trinajstić information content (AvgIpc) is 3.58. The minimum atomic E-state index is -1.50. The zero-order chi connectivity index (χ0) is 27.8. The molecule has 2 aromatic heterocycles. The topological polar surface area (TPSA) is 135 Å². The fourth-order valence-electron chi connectivity index (χ4n) is 3.89. The van der Waals surface area contributed by atoms with Crippen molar-refractivity contribution in [3.05, 3.63) is 99.2 Å². The van der Waals surface area contributed by atoms with Crippen LogP contribution >= 0.6 is 35.0 Å². The lowest BCUT2D eigenvalue weighted by Crippen LogP contribution is -2.34. The molecule has 204 valence electrons. The molecule has 0 amide bonds. The number of halogens is 2. The third-order valence-corrected chi connectivity index (χ3v) is 6.66. The Morgan fingerprint density at radius 2 is 2.00 bits per heavy atom. The molecule has 11 nitrogen and oxygen atoms in total. The third kappa shape index (κ3) is 7.58. The van der Waals surface area contributed by atoms with Gasteiger partial charge in [0.1, 0.15) is 18.5 Å². The van der Waals surface area contributed by atoms with Crippen molar-refractivity contribution in [2.24, 2.45) is 0 Å². The van der Waals surface area contributed by atoms with E-state index in [1.54, 1.807) is 30.9 Å². The second kappa shape index (κ2) is 13.1. The van der Waals surface area contributed by atoms with Gasteiger partial charge in [0.2, 0.25) is 5.79 Å². The second-order valence-corrected chi connectivity index (χ2v) is 9.78. The van der Waals surface area contributed by atoms with Crippen LogP contribution in [0.15, 0.2) is 78.6 Å². The third-order valence-electron chi connectivity index (χ3n) is 5.55. The van der Waals surface area contributed by atoms with E-state index in [9.17, 15) is 0 Å². The molecule has 2 aromatic carbocycles. The van der Waals surface area contributed by atoms with Gasteiger partial charge in [-0.25, -0.2) is 15.0 Å². The standard InChI is InChI=1S/C25H22Cl2N4O3S.HNO3/c1-35-24-29-9-8-23(30-24)17-2-5-19(6-3-17)32-13-20-14-33-25(34-20,15-31-11-10-28-16-31)21-7-4-18(26)12-22(21)27;2-1(3)4/h2-12,16,20H,13-15H2,1H3;(H,2,3,4)/t20-,25-;/m1./s1. The zero-order valence-electron chi connectivity index (χ0n) is 20.5. The predicted molar refractivity (Wildman–Crippen MR) is 145 cm³/mol. The molecule has 0 bridgehead atoms. The number of aromatic nitrogens is 4. The molecule has 0 unspecified atom stereocenters. The van der Waals surface area contributed by atoms with Crippen LogP contribution < -0.4 is 4.74 Å². The molecule has 0 saturated carbocycles. The molecule has 0 spiro atoms. The number of hydrogen-bond donors (Lipinski definition) is 1. The van der Waals surface area contributed by atoms with Crippen LogP contribution in [0.2, 0.25) is 10.0 Å². The van der Waals surface area contributed by atoms with Gasteiger partial charge in [-0.3, -0.25) is 0 Å². The Kier molecular flexibility index (Phi) is 9.59. The maximum absolute atomic E-state index is 8.36. The van der Waals surface area contributed by atoms with Crippen molar-refractivity contribution in [3.8, 4) is 17.0 Å². The number of hydrogen-bond acceptors (Lipinski definition) is 9. The summed E-state index contributed by atoms with van der Waals surface area (Å²) >= 11 is 14.2. The Hall–Kier alpha value is -3.42. The highest BCUT2D eigenvalue weighted by molar-refractivity contribution is 7.98. The van der Waals surface area contributed by atoms with Crippen molar-refractivity contribution in [3.63, 3.8) is 0 Å². The molecule has 5 rings (SSSR count). The van der Waals surface area contributed by atoms with Gasteiger partial charge >= 0.3 is 0 Å². The molecule has 1 saturated heterocycles. The molecule has 2 atom stereocenters. The van der Waals surface area contributed by atoms with Crippen molar-refractivity contribution in [1.29, 1.82) is 0 Å². The average molecular weight is 592 g/mol. The van der Waals surface area contributed by atoms with Gasteiger partial charge < -0.3 is 24.0 Å². The minimum absolute atomic E-state index is 0.295. The molecule has 1 N–H and O–H groups in total. The van der Waals surface area contributed by atoms with Gasteiger partial charge in [0.15, 0.2) is 5.16 Å². The van der Waals surface area contributed by atoms with Crippen LogP contribution in [0.1, 0.15) is 5.56 Å². The number of benzene rings is 2. The minimum Gasteiger partial charge on any atom is -0.491 e. The number of rotatable bonds is 8. The summed E-state index contributed by atoms with van der Waals surface area (Å²) in [4.78, 5) is 21.2. The lowest BCUT2D eigenvalue weighted by atomic mass is 10.1. The number of nitrogens with zero attached hydrogens (tertiary/aromatic N) is 5. The molecule has 1 aliphatic heterocycles. The van der Waals surface area contributed by atoms with E-state index in [0.717, 1.165) is 22.2 Å². The highest BCUT2D eigenvalue weighted by atomic mass is 35.5. The van der Waals surface area contributed by atoms with Crippen LogP contribution in [-0.4, -0.2) is 55.4 Å². The Morgan fingerprint density at radius 1 is 1.23 bits per heavy atom. The van der Waals surface area contributed by atoms with E-state index in [-0.39, 0.29) is 6.10 Å². The van der Waals surface area contributed by atoms with Gasteiger partial charge in [-0.15, -0.1) is 10.1 Å². The van der Waals surface area contributed by atoms with E-state index in [2.05, 4.69) is 15.0 Å². The first-order valence-electron chi connectivity index (χ1n) is 11.4. The lowest BCUT2D eigenvalue weighted by molar-refractivity contribution is -0.742. The van der Waals surface area contributed by atoms with Crippen molar-refractivity contribution in [1.82, 2.24) is 19.5 Å². The smallest absolute Gasteiger partial charge is 0.291 e. The summed E-state index contributed by atoms with van der Waals surface area (Å²) in [5.74, 6) is -0.351. The Bertz CT molecular complexity index is 1390. The fraction of sp³-hybridized carbons (Fsp3) is 0.240. The van der Waals surface area contributed by atoms with E-state index < -0.39 is 10.9 Å². The van der Waals surface area contributed by atoms with E-state index in [1.165, 1.54) is 11.8 Å². The molecule has 1 fully saturated rings. The molecule has 3 heterocycles. The van der Waals surface area contributed by atoms with Crippen LogP contribution in [0.3, 0.4) is 0 Å². The molecule has 39 heavy (non-hydrogen) atoms. The summed E-state index contributed by atoms with van der Waals surface area (Å²) in [6, 6.07) is 15.0. The Morgan fingerprint density at radius 3 is 2.67 bits per heavy atom. The molecular weight excluding hydrogens is 569 g/mol. The first kappa shape index (κ1) is 28.6. The molecule has 1 aliphatic rings. The summed E-state index contributed by atoms with van der Waals surface area (Å²) < 4.78 is 20.6. The summed E-state index contributed by atoms with van der Waals surface area (Å²) in [6.07, 6.45) is 8.69. The van der Waals surface area contributed by atoms with E-state index in [0.29, 0.717) is 35.4 Å². The zero-order valence-corrected chi connectivity index (χ0v) is 22.8. The molecule has 0 radical (unpaired) electrons. The maximum Gasteiger partial charge on any atom is 0.291 e. The van der Waals surface area contributed by atoms with Crippen molar-refractivity contribution < 1.29 is 24.5 Å². The quantitative estimate of drug-likeness (QED) is 0.123. The summed E-state index contributed by atoms with van der Waals surface area (Å²) in [7, 11) is 0.